The molecule has 0 unspecified atom stereocenters. The number of hydrogen-bond acceptors (Lipinski definition) is 2. The summed E-state index contributed by atoms with van der Waals surface area (Å²) in [5.41, 5.74) is 6.79. The second-order valence-electron chi connectivity index (χ2n) is 2.46. The molecule has 4 heteroatoms. The van der Waals surface area contributed by atoms with Gasteiger partial charge in [-0.2, -0.15) is 0 Å². The number of carbonyl (C=O) groups is 1. The third-order valence-corrected chi connectivity index (χ3v) is 1.70. The number of rotatable bonds is 2. The molecule has 3 nitrogen and oxygen atoms in total. The lowest BCUT2D eigenvalue weighted by molar-refractivity contribution is -0.131. The molecule has 68 valence electrons. The van der Waals surface area contributed by atoms with Crippen LogP contribution in [-0.4, -0.2) is 11.1 Å². The molecule has 0 heterocycles. The van der Waals surface area contributed by atoms with E-state index in [1.807, 2.05) is 0 Å². The van der Waals surface area contributed by atoms with E-state index in [0.717, 1.165) is 0 Å². The van der Waals surface area contributed by atoms with Crippen LogP contribution in [-0.2, 0) is 4.79 Å². The molecule has 0 aliphatic heterocycles. The highest BCUT2D eigenvalue weighted by Crippen LogP contribution is 2.12. The first-order chi connectivity index (χ1) is 6.09. The van der Waals surface area contributed by atoms with Gasteiger partial charge in [0, 0.05) is 5.69 Å². The van der Waals surface area contributed by atoms with Crippen molar-refractivity contribution < 1.29 is 9.90 Å². The molecule has 1 aromatic rings. The van der Waals surface area contributed by atoms with Gasteiger partial charge >= 0.3 is 5.97 Å². The van der Waals surface area contributed by atoms with Crippen LogP contribution in [0.4, 0.5) is 5.69 Å². The number of carboxylic acids is 1. The third-order valence-electron chi connectivity index (χ3n) is 1.43. The maximum atomic E-state index is 10.3. The molecule has 3 N–H and O–H groups in total. The highest BCUT2D eigenvalue weighted by Gasteiger charge is 2.01. The van der Waals surface area contributed by atoms with E-state index in [0.29, 0.717) is 11.3 Å². The smallest absolute Gasteiger partial charge is 0.347 e. The lowest BCUT2D eigenvalue weighted by Gasteiger charge is -1.95. The second-order valence-corrected chi connectivity index (χ2v) is 2.87. The van der Waals surface area contributed by atoms with Gasteiger partial charge in [-0.25, -0.2) is 4.79 Å². The molecule has 0 saturated carbocycles. The molecule has 0 atom stereocenters. The van der Waals surface area contributed by atoms with Crippen molar-refractivity contribution in [3.63, 3.8) is 0 Å². The van der Waals surface area contributed by atoms with Crippen LogP contribution in [0.25, 0.3) is 6.08 Å². The predicted molar refractivity (Wildman–Crippen MR) is 52.3 cm³/mol. The third kappa shape index (κ3) is 2.80. The first kappa shape index (κ1) is 9.61. The van der Waals surface area contributed by atoms with Gasteiger partial charge in [-0.3, -0.25) is 0 Å². The molecule has 13 heavy (non-hydrogen) atoms. The monoisotopic (exact) mass is 197 g/mol. The van der Waals surface area contributed by atoms with Crippen molar-refractivity contribution >= 4 is 29.3 Å². The van der Waals surface area contributed by atoms with Gasteiger partial charge in [-0.1, -0.05) is 23.7 Å². The maximum absolute atomic E-state index is 10.3. The zero-order valence-corrected chi connectivity index (χ0v) is 7.45. The van der Waals surface area contributed by atoms with Gasteiger partial charge in [0.25, 0.3) is 0 Å². The van der Waals surface area contributed by atoms with Crippen LogP contribution >= 0.6 is 11.6 Å². The van der Waals surface area contributed by atoms with Crippen molar-refractivity contribution in [2.75, 3.05) is 5.73 Å². The second kappa shape index (κ2) is 3.96. The van der Waals surface area contributed by atoms with E-state index in [1.165, 1.54) is 6.08 Å². The summed E-state index contributed by atoms with van der Waals surface area (Å²) in [6.45, 7) is 0. The Labute approximate surface area is 80.4 Å². The molecule has 0 aliphatic carbocycles. The van der Waals surface area contributed by atoms with Crippen molar-refractivity contribution in [1.29, 1.82) is 0 Å². The first-order valence-corrected chi connectivity index (χ1v) is 3.93. The molecule has 0 aromatic heterocycles. The van der Waals surface area contributed by atoms with Gasteiger partial charge < -0.3 is 10.8 Å². The Bertz CT molecular complexity index is 343. The van der Waals surface area contributed by atoms with E-state index in [4.69, 9.17) is 22.4 Å². The summed E-state index contributed by atoms with van der Waals surface area (Å²) in [5.74, 6) is -1.14. The molecule has 0 spiro atoms. The van der Waals surface area contributed by atoms with Gasteiger partial charge in [0.1, 0.15) is 5.03 Å². The van der Waals surface area contributed by atoms with E-state index < -0.39 is 5.97 Å². The number of halogens is 1. The van der Waals surface area contributed by atoms with Crippen LogP contribution in [0.15, 0.2) is 29.3 Å². The summed E-state index contributed by atoms with van der Waals surface area (Å²) in [6.07, 6.45) is 1.36. The highest BCUT2D eigenvalue weighted by atomic mass is 35.5. The topological polar surface area (TPSA) is 63.3 Å². The van der Waals surface area contributed by atoms with Gasteiger partial charge in [0.05, 0.1) is 0 Å². The fraction of sp³-hybridized carbons (Fsp3) is 0. The molecule has 1 rings (SSSR count). The first-order valence-electron chi connectivity index (χ1n) is 3.55. The number of carboxylic acid groups (broad SMARTS) is 1. The summed E-state index contributed by atoms with van der Waals surface area (Å²) in [4.78, 5) is 10.3. The number of benzene rings is 1. The summed E-state index contributed by atoms with van der Waals surface area (Å²) >= 11 is 5.42. The number of aliphatic carboxylic acids is 1. The number of anilines is 1. The fourth-order valence-electron chi connectivity index (χ4n) is 0.800. The quantitative estimate of drug-likeness (QED) is 0.563. The lowest BCUT2D eigenvalue weighted by atomic mass is 10.2. The van der Waals surface area contributed by atoms with Crippen molar-refractivity contribution in [2.45, 2.75) is 0 Å². The van der Waals surface area contributed by atoms with E-state index in [1.54, 1.807) is 24.3 Å². The van der Waals surface area contributed by atoms with Crippen molar-refractivity contribution in [2.24, 2.45) is 0 Å². The Hall–Kier alpha value is -1.48. The van der Waals surface area contributed by atoms with Crippen LogP contribution in [0.5, 0.6) is 0 Å². The normalized spacial score (nSPS) is 11.3. The van der Waals surface area contributed by atoms with Crippen molar-refractivity contribution in [3.05, 3.63) is 34.9 Å². The minimum Gasteiger partial charge on any atom is -0.477 e. The van der Waals surface area contributed by atoms with Crippen molar-refractivity contribution in [1.82, 2.24) is 0 Å². The SMILES string of the molecule is Nc1ccc(/C=C(/Cl)C(=O)O)cc1. The Morgan fingerprint density at radius 1 is 1.38 bits per heavy atom. The van der Waals surface area contributed by atoms with E-state index in [9.17, 15) is 4.79 Å². The minimum absolute atomic E-state index is 0.218. The van der Waals surface area contributed by atoms with Gasteiger partial charge in [-0.05, 0) is 23.8 Å². The molecular weight excluding hydrogens is 190 g/mol. The maximum Gasteiger partial charge on any atom is 0.347 e. The summed E-state index contributed by atoms with van der Waals surface area (Å²) in [5, 5.41) is 8.26. The lowest BCUT2D eigenvalue weighted by Crippen LogP contribution is -1.93. The summed E-state index contributed by atoms with van der Waals surface area (Å²) < 4.78 is 0. The zero-order chi connectivity index (χ0) is 9.84. The van der Waals surface area contributed by atoms with Crippen LogP contribution in [0.2, 0.25) is 0 Å². The largest absolute Gasteiger partial charge is 0.477 e. The zero-order valence-electron chi connectivity index (χ0n) is 6.70. The van der Waals surface area contributed by atoms with Crippen LogP contribution < -0.4 is 5.73 Å². The molecule has 0 saturated heterocycles. The van der Waals surface area contributed by atoms with Crippen LogP contribution in [0, 0.1) is 0 Å². The molecule has 0 aliphatic rings. The molecule has 0 bridgehead atoms. The van der Waals surface area contributed by atoms with Crippen molar-refractivity contribution in [3.8, 4) is 0 Å². The van der Waals surface area contributed by atoms with Crippen LogP contribution in [0.1, 0.15) is 5.56 Å². The Morgan fingerprint density at radius 3 is 2.38 bits per heavy atom. The molecule has 0 radical (unpaired) electrons. The molecule has 0 amide bonds. The van der Waals surface area contributed by atoms with E-state index in [2.05, 4.69) is 0 Å². The Morgan fingerprint density at radius 2 is 1.92 bits per heavy atom. The minimum atomic E-state index is -1.14. The number of hydrogen-bond donors (Lipinski definition) is 2. The van der Waals surface area contributed by atoms with E-state index >= 15 is 0 Å². The standard InChI is InChI=1S/C9H8ClNO2/c10-8(9(12)13)5-6-1-3-7(11)4-2-6/h1-5H,11H2,(H,12,13)/b8-5+. The average molecular weight is 198 g/mol. The van der Waals surface area contributed by atoms with Gasteiger partial charge in [0.2, 0.25) is 0 Å². The molecular formula is C9H8ClNO2. The number of nitrogen functional groups attached to an aromatic ring is 1. The van der Waals surface area contributed by atoms with Crippen LogP contribution in [0.3, 0.4) is 0 Å². The summed E-state index contributed by atoms with van der Waals surface area (Å²) in [7, 11) is 0. The Kier molecular flexibility index (Phi) is 2.93. The molecule has 0 fully saturated rings. The average Bonchev–Trinajstić information content (AvgIpc) is 2.08. The van der Waals surface area contributed by atoms with E-state index in [-0.39, 0.29) is 5.03 Å². The fourth-order valence-corrected chi connectivity index (χ4v) is 0.926. The van der Waals surface area contributed by atoms with Gasteiger partial charge in [-0.15, -0.1) is 0 Å². The molecule has 1 aromatic carbocycles. The predicted octanol–water partition coefficient (Wildman–Crippen LogP) is 1.93. The highest BCUT2D eigenvalue weighted by molar-refractivity contribution is 6.42. The van der Waals surface area contributed by atoms with Gasteiger partial charge in [0.15, 0.2) is 0 Å². The Balaban J connectivity index is 2.92. The summed E-state index contributed by atoms with van der Waals surface area (Å²) in [6, 6.07) is 6.75. The number of nitrogens with two attached hydrogens (primary N) is 1.